The van der Waals surface area contributed by atoms with Crippen LogP contribution in [0.25, 0.3) is 0 Å². The number of amides is 2. The van der Waals surface area contributed by atoms with Crippen LogP contribution in [0.2, 0.25) is 5.02 Å². The van der Waals surface area contributed by atoms with E-state index >= 15 is 0 Å². The van der Waals surface area contributed by atoms with Gasteiger partial charge in [0.2, 0.25) is 0 Å². The van der Waals surface area contributed by atoms with E-state index in [2.05, 4.69) is 15.5 Å². The van der Waals surface area contributed by atoms with Crippen molar-refractivity contribution in [2.24, 2.45) is 5.92 Å². The van der Waals surface area contributed by atoms with Crippen molar-refractivity contribution in [1.29, 1.82) is 0 Å². The Balaban J connectivity index is 1.53. The van der Waals surface area contributed by atoms with Crippen LogP contribution >= 0.6 is 11.6 Å². The predicted octanol–water partition coefficient (Wildman–Crippen LogP) is 4.81. The van der Waals surface area contributed by atoms with Crippen molar-refractivity contribution in [2.75, 3.05) is 5.32 Å². The van der Waals surface area contributed by atoms with Crippen LogP contribution in [0.1, 0.15) is 30.7 Å². The van der Waals surface area contributed by atoms with Gasteiger partial charge in [0, 0.05) is 11.2 Å². The van der Waals surface area contributed by atoms with Gasteiger partial charge in [-0.05, 0) is 49.4 Å². The van der Waals surface area contributed by atoms with E-state index in [-0.39, 0.29) is 22.8 Å². The highest BCUT2D eigenvalue weighted by Crippen LogP contribution is 2.61. The monoisotopic (exact) mass is 402 g/mol. The lowest BCUT2D eigenvalue weighted by molar-refractivity contribution is -0.141. The maximum Gasteiger partial charge on any atom is 0.435 e. The van der Waals surface area contributed by atoms with Crippen molar-refractivity contribution >= 4 is 23.3 Å². The molecule has 3 aliphatic carbocycles. The number of carbonyl (C=O) groups excluding carboxylic acids is 1. The number of rotatable bonds is 4. The summed E-state index contributed by atoms with van der Waals surface area (Å²) in [5.41, 5.74) is -0.870. The number of H-pyrrole nitrogens is 1. The molecule has 2 bridgehead atoms. The van der Waals surface area contributed by atoms with Gasteiger partial charge in [0.15, 0.2) is 5.69 Å². The van der Waals surface area contributed by atoms with Crippen LogP contribution in [0.15, 0.2) is 24.3 Å². The smallest absolute Gasteiger partial charge is 0.313 e. The van der Waals surface area contributed by atoms with Crippen LogP contribution in [0.4, 0.5) is 28.0 Å². The summed E-state index contributed by atoms with van der Waals surface area (Å²) in [6.45, 7) is -0.0312. The molecule has 0 atom stereocenters. The number of aromatic amines is 1. The van der Waals surface area contributed by atoms with E-state index < -0.39 is 23.7 Å². The largest absolute Gasteiger partial charge is 0.435 e. The third-order valence-electron chi connectivity index (χ3n) is 5.24. The molecule has 5 rings (SSSR count). The van der Waals surface area contributed by atoms with Gasteiger partial charge < -0.3 is 10.2 Å². The minimum absolute atomic E-state index is 0.0312. The third kappa shape index (κ3) is 3.24. The van der Waals surface area contributed by atoms with Crippen molar-refractivity contribution in [3.8, 4) is 0 Å². The molecule has 3 fully saturated rings. The van der Waals surface area contributed by atoms with Crippen molar-refractivity contribution < 1.29 is 22.4 Å². The van der Waals surface area contributed by atoms with Crippen LogP contribution < -0.4 is 5.32 Å². The SMILES string of the molecule is O=C(Nc1ccc(F)c(Cl)c1)N(Cc1cc(C(F)(F)F)n[nH]1)C12CC(C1)C2. The van der Waals surface area contributed by atoms with E-state index in [0.29, 0.717) is 11.6 Å². The number of nitrogens with one attached hydrogen (secondary N) is 2. The number of halogens is 5. The van der Waals surface area contributed by atoms with E-state index in [1.807, 2.05) is 0 Å². The van der Waals surface area contributed by atoms with Gasteiger partial charge in [-0.3, -0.25) is 5.10 Å². The number of nitrogens with zero attached hydrogens (tertiary/aromatic N) is 2. The Bertz CT molecular complexity index is 880. The van der Waals surface area contributed by atoms with Gasteiger partial charge >= 0.3 is 12.2 Å². The molecular weight excluding hydrogens is 388 g/mol. The van der Waals surface area contributed by atoms with E-state index in [1.54, 1.807) is 0 Å². The Kier molecular flexibility index (Phi) is 4.10. The molecule has 2 amide bonds. The lowest BCUT2D eigenvalue weighted by Gasteiger charge is -2.66. The minimum Gasteiger partial charge on any atom is -0.313 e. The van der Waals surface area contributed by atoms with E-state index in [0.717, 1.165) is 31.4 Å². The fourth-order valence-corrected chi connectivity index (χ4v) is 3.92. The Labute approximate surface area is 156 Å². The van der Waals surface area contributed by atoms with E-state index in [4.69, 9.17) is 11.6 Å². The molecule has 0 spiro atoms. The van der Waals surface area contributed by atoms with Crippen LogP contribution in [0, 0.1) is 11.7 Å². The molecule has 5 nitrogen and oxygen atoms in total. The highest BCUT2D eigenvalue weighted by Gasteiger charge is 2.61. The zero-order chi connectivity index (χ0) is 19.4. The highest BCUT2D eigenvalue weighted by molar-refractivity contribution is 6.31. The van der Waals surface area contributed by atoms with Crippen molar-refractivity contribution in [3.05, 3.63) is 46.5 Å². The molecule has 2 aromatic rings. The predicted molar refractivity (Wildman–Crippen MR) is 89.6 cm³/mol. The fourth-order valence-electron chi connectivity index (χ4n) is 3.74. The number of hydrogen-bond donors (Lipinski definition) is 2. The minimum atomic E-state index is -4.55. The maximum atomic E-state index is 13.3. The Morgan fingerprint density at radius 3 is 2.56 bits per heavy atom. The first-order chi connectivity index (χ1) is 12.7. The average Bonchev–Trinajstić information content (AvgIpc) is 2.96. The number of anilines is 1. The lowest BCUT2D eigenvalue weighted by Crippen LogP contribution is -2.69. The summed E-state index contributed by atoms with van der Waals surface area (Å²) in [5, 5.41) is 8.14. The number of alkyl halides is 3. The van der Waals surface area contributed by atoms with Gasteiger partial charge in [-0.2, -0.15) is 18.3 Å². The molecule has 0 radical (unpaired) electrons. The summed E-state index contributed by atoms with van der Waals surface area (Å²) in [6, 6.07) is 4.22. The van der Waals surface area contributed by atoms with Gasteiger partial charge in [-0.25, -0.2) is 9.18 Å². The molecular formula is C17H15ClF4N4O. The second-order valence-electron chi connectivity index (χ2n) is 7.12. The van der Waals surface area contributed by atoms with Crippen LogP contribution in [-0.4, -0.2) is 26.7 Å². The molecule has 0 saturated heterocycles. The lowest BCUT2D eigenvalue weighted by atomic mass is 9.49. The molecule has 0 unspecified atom stereocenters. The second kappa shape index (κ2) is 6.12. The molecule has 27 heavy (non-hydrogen) atoms. The molecule has 144 valence electrons. The first-order valence-electron chi connectivity index (χ1n) is 8.31. The topological polar surface area (TPSA) is 61.0 Å². The van der Waals surface area contributed by atoms with Crippen molar-refractivity contribution in [3.63, 3.8) is 0 Å². The number of aromatic nitrogens is 2. The molecule has 0 aliphatic heterocycles. The molecule has 1 heterocycles. The van der Waals surface area contributed by atoms with E-state index in [9.17, 15) is 22.4 Å². The second-order valence-corrected chi connectivity index (χ2v) is 7.53. The highest BCUT2D eigenvalue weighted by atomic mass is 35.5. The summed E-state index contributed by atoms with van der Waals surface area (Å²) in [6.07, 6.45) is -2.08. The van der Waals surface area contributed by atoms with Crippen LogP contribution in [-0.2, 0) is 12.7 Å². The summed E-state index contributed by atoms with van der Waals surface area (Å²) in [4.78, 5) is 14.3. The van der Waals surface area contributed by atoms with Gasteiger partial charge in [0.05, 0.1) is 17.3 Å². The zero-order valence-corrected chi connectivity index (χ0v) is 14.7. The molecule has 1 aromatic carbocycles. The van der Waals surface area contributed by atoms with Crippen LogP contribution in [0.3, 0.4) is 0 Å². The molecule has 3 saturated carbocycles. The first-order valence-corrected chi connectivity index (χ1v) is 8.69. The zero-order valence-electron chi connectivity index (χ0n) is 13.9. The molecule has 1 aromatic heterocycles. The standard InChI is InChI=1S/C17H15ClF4N4O/c18-12-3-10(1-2-13(12)19)23-15(27)26(16-5-9(6-16)7-16)8-11-4-14(25-24-11)17(20,21)22/h1-4,9H,5-8H2,(H,23,27)(H,24,25). The van der Waals surface area contributed by atoms with Crippen molar-refractivity contribution in [2.45, 2.75) is 37.5 Å². The van der Waals surface area contributed by atoms with Gasteiger partial charge in [0.1, 0.15) is 5.82 Å². The Morgan fingerprint density at radius 2 is 2.04 bits per heavy atom. The van der Waals surface area contributed by atoms with E-state index in [1.165, 1.54) is 17.0 Å². The number of benzene rings is 1. The molecule has 3 aliphatic rings. The molecule has 10 heteroatoms. The van der Waals surface area contributed by atoms with Gasteiger partial charge in [-0.1, -0.05) is 11.6 Å². The molecule has 2 N–H and O–H groups in total. The summed E-state index contributed by atoms with van der Waals surface area (Å²) >= 11 is 5.73. The quantitative estimate of drug-likeness (QED) is 0.721. The Hall–Kier alpha value is -2.29. The summed E-state index contributed by atoms with van der Waals surface area (Å²) in [5.74, 6) is -0.0452. The number of carbonyl (C=O) groups is 1. The first kappa shape index (κ1) is 18.1. The summed E-state index contributed by atoms with van der Waals surface area (Å²) < 4.78 is 51.5. The number of hydrogen-bond acceptors (Lipinski definition) is 2. The summed E-state index contributed by atoms with van der Waals surface area (Å²) in [7, 11) is 0. The maximum absolute atomic E-state index is 13.3. The average molecular weight is 403 g/mol. The van der Waals surface area contributed by atoms with Gasteiger partial charge in [0.25, 0.3) is 0 Å². The third-order valence-corrected chi connectivity index (χ3v) is 5.53. The van der Waals surface area contributed by atoms with Crippen LogP contribution in [0.5, 0.6) is 0 Å². The van der Waals surface area contributed by atoms with Crippen molar-refractivity contribution in [1.82, 2.24) is 15.1 Å². The number of urea groups is 1. The normalized spacial score (nSPS) is 23.4. The van der Waals surface area contributed by atoms with Gasteiger partial charge in [-0.15, -0.1) is 0 Å². The fraction of sp³-hybridized carbons (Fsp3) is 0.412. The Morgan fingerprint density at radius 1 is 1.33 bits per heavy atom.